The maximum absolute atomic E-state index is 8.58. The lowest BCUT2D eigenvalue weighted by Crippen LogP contribution is -2.37. The van der Waals surface area contributed by atoms with Crippen LogP contribution in [0.3, 0.4) is 0 Å². The highest BCUT2D eigenvalue weighted by Crippen LogP contribution is 2.34. The van der Waals surface area contributed by atoms with Gasteiger partial charge in [0.1, 0.15) is 12.0 Å². The van der Waals surface area contributed by atoms with Gasteiger partial charge in [-0.25, -0.2) is 0 Å². The van der Waals surface area contributed by atoms with Crippen LogP contribution in [0.4, 0.5) is 0 Å². The summed E-state index contributed by atoms with van der Waals surface area (Å²) in [4.78, 5) is 4.23. The van der Waals surface area contributed by atoms with Crippen molar-refractivity contribution >= 4 is 0 Å². The predicted molar refractivity (Wildman–Crippen MR) is 57.0 cm³/mol. The van der Waals surface area contributed by atoms with Gasteiger partial charge in [0.2, 0.25) is 11.7 Å². The molecule has 1 aromatic heterocycles. The third-order valence-corrected chi connectivity index (χ3v) is 2.83. The highest BCUT2D eigenvalue weighted by atomic mass is 16.5. The Labute approximate surface area is 99.5 Å². The van der Waals surface area contributed by atoms with Gasteiger partial charge in [0, 0.05) is 32.7 Å². The van der Waals surface area contributed by atoms with Crippen molar-refractivity contribution in [3.05, 3.63) is 11.7 Å². The van der Waals surface area contributed by atoms with E-state index in [2.05, 4.69) is 10.1 Å². The lowest BCUT2D eigenvalue weighted by atomic mass is 9.93. The van der Waals surface area contributed by atoms with E-state index in [0.717, 1.165) is 0 Å². The van der Waals surface area contributed by atoms with Crippen molar-refractivity contribution in [1.82, 2.24) is 10.1 Å². The fourth-order valence-corrected chi connectivity index (χ4v) is 1.99. The number of hydrogen-bond donors (Lipinski definition) is 0. The van der Waals surface area contributed by atoms with Crippen LogP contribution in [0.2, 0.25) is 0 Å². The maximum Gasteiger partial charge on any atom is 0.240 e. The smallest absolute Gasteiger partial charge is 0.240 e. The molecule has 0 N–H and O–H groups in total. The summed E-state index contributed by atoms with van der Waals surface area (Å²) in [6, 6.07) is 1.98. The molecule has 6 heteroatoms. The summed E-state index contributed by atoms with van der Waals surface area (Å²) in [5, 5.41) is 12.5. The predicted octanol–water partition coefficient (Wildman–Crippen LogP) is 1.18. The Morgan fingerprint density at radius 2 is 2.24 bits per heavy atom. The second-order valence-corrected chi connectivity index (χ2v) is 3.89. The van der Waals surface area contributed by atoms with E-state index in [0.29, 0.717) is 44.4 Å². The van der Waals surface area contributed by atoms with Crippen LogP contribution in [0, 0.1) is 11.3 Å². The Kier molecular flexibility index (Phi) is 3.71. The van der Waals surface area contributed by atoms with Gasteiger partial charge in [-0.1, -0.05) is 5.16 Å². The standard InChI is InChI=1S/C11H15N3O3/c1-2-16-11(4-7-15-8-5-11)10-13-9(3-6-12)17-14-10/h2-5,7-8H2,1H3. The Balaban J connectivity index is 2.22. The molecule has 1 aliphatic rings. The van der Waals surface area contributed by atoms with Gasteiger partial charge in [-0.15, -0.1) is 0 Å². The fraction of sp³-hybridized carbons (Fsp3) is 0.727. The van der Waals surface area contributed by atoms with Gasteiger partial charge in [-0.2, -0.15) is 10.2 Å². The van der Waals surface area contributed by atoms with Crippen LogP contribution in [0.15, 0.2) is 4.52 Å². The number of hydrogen-bond acceptors (Lipinski definition) is 6. The SMILES string of the molecule is CCOC1(c2noc(CC#N)n2)CCOCC1. The molecule has 0 aromatic carbocycles. The van der Waals surface area contributed by atoms with E-state index < -0.39 is 5.60 Å². The molecule has 2 heterocycles. The van der Waals surface area contributed by atoms with Crippen molar-refractivity contribution in [2.75, 3.05) is 19.8 Å². The Hall–Kier alpha value is -1.45. The van der Waals surface area contributed by atoms with Crippen molar-refractivity contribution in [3.63, 3.8) is 0 Å². The molecule has 0 amide bonds. The highest BCUT2D eigenvalue weighted by molar-refractivity contribution is 5.04. The zero-order chi connectivity index (χ0) is 12.1. The average Bonchev–Trinajstić information content (AvgIpc) is 2.80. The average molecular weight is 237 g/mol. The van der Waals surface area contributed by atoms with Gasteiger partial charge in [0.25, 0.3) is 0 Å². The third kappa shape index (κ3) is 2.46. The van der Waals surface area contributed by atoms with Crippen LogP contribution in [0.1, 0.15) is 31.5 Å². The van der Waals surface area contributed by atoms with Gasteiger partial charge in [-0.05, 0) is 6.92 Å². The molecular formula is C11H15N3O3. The normalized spacial score (nSPS) is 18.8. The molecule has 92 valence electrons. The molecule has 1 saturated heterocycles. The zero-order valence-electron chi connectivity index (χ0n) is 9.81. The van der Waals surface area contributed by atoms with Crippen LogP contribution in [0.5, 0.6) is 0 Å². The fourth-order valence-electron chi connectivity index (χ4n) is 1.99. The van der Waals surface area contributed by atoms with Crippen LogP contribution in [0.25, 0.3) is 0 Å². The Morgan fingerprint density at radius 3 is 2.88 bits per heavy atom. The summed E-state index contributed by atoms with van der Waals surface area (Å²) in [5.41, 5.74) is -0.510. The molecule has 1 aliphatic heterocycles. The van der Waals surface area contributed by atoms with Crippen LogP contribution in [-0.2, 0) is 21.5 Å². The minimum atomic E-state index is -0.510. The molecule has 1 fully saturated rings. The van der Waals surface area contributed by atoms with E-state index in [1.165, 1.54) is 0 Å². The summed E-state index contributed by atoms with van der Waals surface area (Å²) in [6.45, 7) is 3.78. The van der Waals surface area contributed by atoms with Gasteiger partial charge in [0.05, 0.1) is 6.07 Å². The second kappa shape index (κ2) is 5.25. The number of ether oxygens (including phenoxy) is 2. The van der Waals surface area contributed by atoms with Crippen molar-refractivity contribution in [1.29, 1.82) is 5.26 Å². The number of nitrogens with zero attached hydrogens (tertiary/aromatic N) is 3. The minimum Gasteiger partial charge on any atom is -0.381 e. The van der Waals surface area contributed by atoms with Crippen molar-refractivity contribution in [2.45, 2.75) is 31.8 Å². The molecule has 2 rings (SSSR count). The summed E-state index contributed by atoms with van der Waals surface area (Å²) in [6.07, 6.45) is 1.56. The topological polar surface area (TPSA) is 81.2 Å². The first-order valence-electron chi connectivity index (χ1n) is 5.72. The monoisotopic (exact) mass is 237 g/mol. The largest absolute Gasteiger partial charge is 0.381 e. The number of aromatic nitrogens is 2. The molecule has 0 saturated carbocycles. The molecule has 6 nitrogen and oxygen atoms in total. The molecule has 0 atom stereocenters. The van der Waals surface area contributed by atoms with Crippen LogP contribution >= 0.6 is 0 Å². The van der Waals surface area contributed by atoms with E-state index >= 15 is 0 Å². The Bertz CT molecular complexity index is 399. The summed E-state index contributed by atoms with van der Waals surface area (Å²) in [5.74, 6) is 0.876. The van der Waals surface area contributed by atoms with Crippen molar-refractivity contribution in [3.8, 4) is 6.07 Å². The summed E-state index contributed by atoms with van der Waals surface area (Å²) >= 11 is 0. The van der Waals surface area contributed by atoms with E-state index in [1.54, 1.807) is 0 Å². The van der Waals surface area contributed by atoms with Crippen molar-refractivity contribution < 1.29 is 14.0 Å². The molecule has 17 heavy (non-hydrogen) atoms. The van der Waals surface area contributed by atoms with Gasteiger partial charge < -0.3 is 14.0 Å². The highest BCUT2D eigenvalue weighted by Gasteiger charge is 2.39. The molecular weight excluding hydrogens is 222 g/mol. The zero-order valence-corrected chi connectivity index (χ0v) is 9.81. The first-order valence-corrected chi connectivity index (χ1v) is 5.72. The summed E-state index contributed by atoms with van der Waals surface area (Å²) < 4.78 is 16.2. The second-order valence-electron chi connectivity index (χ2n) is 3.89. The van der Waals surface area contributed by atoms with Gasteiger partial charge >= 0.3 is 0 Å². The quantitative estimate of drug-likeness (QED) is 0.782. The minimum absolute atomic E-state index is 0.131. The van der Waals surface area contributed by atoms with E-state index in [9.17, 15) is 0 Å². The van der Waals surface area contributed by atoms with Crippen molar-refractivity contribution in [2.24, 2.45) is 0 Å². The number of rotatable bonds is 4. The van der Waals surface area contributed by atoms with Crippen LogP contribution in [-0.4, -0.2) is 30.0 Å². The van der Waals surface area contributed by atoms with Gasteiger partial charge in [-0.3, -0.25) is 0 Å². The lowest BCUT2D eigenvalue weighted by Gasteiger charge is -2.33. The van der Waals surface area contributed by atoms with E-state index in [1.807, 2.05) is 13.0 Å². The third-order valence-electron chi connectivity index (χ3n) is 2.83. The maximum atomic E-state index is 8.58. The first kappa shape index (κ1) is 12.0. The molecule has 1 aromatic rings. The molecule has 0 spiro atoms. The lowest BCUT2D eigenvalue weighted by molar-refractivity contribution is -0.118. The van der Waals surface area contributed by atoms with Gasteiger partial charge in [0.15, 0.2) is 0 Å². The molecule has 0 bridgehead atoms. The first-order chi connectivity index (χ1) is 8.30. The van der Waals surface area contributed by atoms with E-state index in [4.69, 9.17) is 19.3 Å². The van der Waals surface area contributed by atoms with E-state index in [-0.39, 0.29) is 6.42 Å². The molecule has 0 radical (unpaired) electrons. The molecule has 0 aliphatic carbocycles. The number of nitriles is 1. The molecule has 0 unspecified atom stereocenters. The van der Waals surface area contributed by atoms with Crippen LogP contribution < -0.4 is 0 Å². The Morgan fingerprint density at radius 1 is 1.47 bits per heavy atom. The summed E-state index contributed by atoms with van der Waals surface area (Å²) in [7, 11) is 0.